The normalized spacial score (nSPS) is 14.8. The van der Waals surface area contributed by atoms with E-state index in [1.807, 2.05) is 7.05 Å². The van der Waals surface area contributed by atoms with Crippen LogP contribution in [0.15, 0.2) is 18.2 Å². The van der Waals surface area contributed by atoms with Gasteiger partial charge in [0.05, 0.1) is 0 Å². The van der Waals surface area contributed by atoms with Crippen molar-refractivity contribution >= 4 is 11.6 Å². The Balaban J connectivity index is 2.88. The second-order valence-electron chi connectivity index (χ2n) is 4.87. The smallest absolute Gasteiger partial charge is 0.129 e. The lowest BCUT2D eigenvalue weighted by molar-refractivity contribution is 0.211. The second-order valence-corrected chi connectivity index (χ2v) is 5.31. The van der Waals surface area contributed by atoms with Crippen LogP contribution in [0.25, 0.3) is 0 Å². The molecule has 0 radical (unpaired) electrons. The van der Waals surface area contributed by atoms with Crippen LogP contribution in [0.1, 0.15) is 31.9 Å². The quantitative estimate of drug-likeness (QED) is 0.859. The van der Waals surface area contributed by atoms with Crippen molar-refractivity contribution in [2.75, 3.05) is 20.1 Å². The summed E-state index contributed by atoms with van der Waals surface area (Å²) in [7, 11) is 1.98. The third kappa shape index (κ3) is 3.94. The predicted molar refractivity (Wildman–Crippen MR) is 75.3 cm³/mol. The van der Waals surface area contributed by atoms with Crippen LogP contribution in [0, 0.1) is 11.7 Å². The fourth-order valence-corrected chi connectivity index (χ4v) is 2.22. The van der Waals surface area contributed by atoms with Crippen LogP contribution in [0.2, 0.25) is 5.02 Å². The van der Waals surface area contributed by atoms with Gasteiger partial charge in [0, 0.05) is 29.7 Å². The number of halogens is 2. The van der Waals surface area contributed by atoms with Crippen LogP contribution in [-0.2, 0) is 0 Å². The lowest BCUT2D eigenvalue weighted by Gasteiger charge is -2.29. The minimum absolute atomic E-state index is 0.101. The largest absolute Gasteiger partial charge is 0.329 e. The predicted octanol–water partition coefficient (Wildman–Crippen LogP) is 3.46. The Bertz CT molecular complexity index is 384. The Morgan fingerprint density at radius 2 is 2.11 bits per heavy atom. The second kappa shape index (κ2) is 7.07. The van der Waals surface area contributed by atoms with Gasteiger partial charge in [-0.25, -0.2) is 4.39 Å². The van der Waals surface area contributed by atoms with Crippen LogP contribution in [0.5, 0.6) is 0 Å². The third-order valence-electron chi connectivity index (χ3n) is 3.37. The van der Waals surface area contributed by atoms with Crippen molar-refractivity contribution in [3.8, 4) is 0 Å². The molecule has 0 bridgehead atoms. The molecular weight excluding hydrogens is 251 g/mol. The van der Waals surface area contributed by atoms with Gasteiger partial charge in [-0.3, -0.25) is 4.90 Å². The average molecular weight is 273 g/mol. The van der Waals surface area contributed by atoms with E-state index < -0.39 is 0 Å². The molecule has 1 rings (SSSR count). The van der Waals surface area contributed by atoms with Crippen molar-refractivity contribution in [3.05, 3.63) is 34.6 Å². The molecule has 0 amide bonds. The highest BCUT2D eigenvalue weighted by Crippen LogP contribution is 2.24. The number of likely N-dealkylation sites (N-methyl/N-ethyl adjacent to an activating group) is 1. The number of benzene rings is 1. The van der Waals surface area contributed by atoms with Gasteiger partial charge >= 0.3 is 0 Å². The first-order chi connectivity index (χ1) is 8.49. The molecule has 0 saturated carbocycles. The van der Waals surface area contributed by atoms with E-state index in [4.69, 9.17) is 17.3 Å². The summed E-state index contributed by atoms with van der Waals surface area (Å²) in [6.45, 7) is 5.63. The van der Waals surface area contributed by atoms with Crippen molar-refractivity contribution in [1.82, 2.24) is 4.90 Å². The highest BCUT2D eigenvalue weighted by molar-refractivity contribution is 6.30. The number of hydrogen-bond acceptors (Lipinski definition) is 2. The van der Waals surface area contributed by atoms with Gasteiger partial charge in [0.1, 0.15) is 5.82 Å². The summed E-state index contributed by atoms with van der Waals surface area (Å²) in [6.07, 6.45) is 1.10. The van der Waals surface area contributed by atoms with Crippen LogP contribution >= 0.6 is 11.6 Å². The zero-order chi connectivity index (χ0) is 13.7. The molecule has 0 saturated heterocycles. The molecule has 1 aromatic carbocycles. The molecule has 0 aliphatic rings. The highest BCUT2D eigenvalue weighted by Gasteiger charge is 2.20. The minimum Gasteiger partial charge on any atom is -0.329 e. The summed E-state index contributed by atoms with van der Waals surface area (Å²) in [6, 6.07) is 4.68. The Labute approximate surface area is 114 Å². The van der Waals surface area contributed by atoms with E-state index in [1.165, 1.54) is 6.07 Å². The Hall–Kier alpha value is -0.640. The minimum atomic E-state index is -0.283. The van der Waals surface area contributed by atoms with Crippen LogP contribution in [0.3, 0.4) is 0 Å². The van der Waals surface area contributed by atoms with E-state index in [0.29, 0.717) is 23.0 Å². The summed E-state index contributed by atoms with van der Waals surface area (Å²) in [5.41, 5.74) is 6.41. The van der Waals surface area contributed by atoms with Gasteiger partial charge in [0.2, 0.25) is 0 Å². The fraction of sp³-hybridized carbons (Fsp3) is 0.571. The van der Waals surface area contributed by atoms with E-state index in [1.54, 1.807) is 12.1 Å². The summed E-state index contributed by atoms with van der Waals surface area (Å²) < 4.78 is 13.9. The molecule has 18 heavy (non-hydrogen) atoms. The molecule has 102 valence electrons. The maximum absolute atomic E-state index is 13.9. The van der Waals surface area contributed by atoms with Crippen molar-refractivity contribution < 1.29 is 4.39 Å². The standard InChI is InChI=1S/C14H22ClFN2/c1-4-10(2)9-18(3)14(8-17)12-6-5-11(15)7-13(12)16/h5-7,10,14H,4,8-9,17H2,1-3H3. The zero-order valence-electron chi connectivity index (χ0n) is 11.3. The highest BCUT2D eigenvalue weighted by atomic mass is 35.5. The first-order valence-corrected chi connectivity index (χ1v) is 6.72. The van der Waals surface area contributed by atoms with E-state index in [9.17, 15) is 4.39 Å². The molecule has 0 aliphatic heterocycles. The summed E-state index contributed by atoms with van der Waals surface area (Å²) in [4.78, 5) is 2.11. The van der Waals surface area contributed by atoms with Crippen molar-refractivity contribution in [2.45, 2.75) is 26.3 Å². The van der Waals surface area contributed by atoms with E-state index in [2.05, 4.69) is 18.7 Å². The molecule has 2 nitrogen and oxygen atoms in total. The Morgan fingerprint density at radius 1 is 1.44 bits per heavy atom. The van der Waals surface area contributed by atoms with Crippen LogP contribution in [-0.4, -0.2) is 25.0 Å². The van der Waals surface area contributed by atoms with Gasteiger partial charge in [0.25, 0.3) is 0 Å². The molecule has 2 unspecified atom stereocenters. The first-order valence-electron chi connectivity index (χ1n) is 6.34. The molecule has 2 N–H and O–H groups in total. The number of hydrogen-bond donors (Lipinski definition) is 1. The van der Waals surface area contributed by atoms with Gasteiger partial charge in [-0.1, -0.05) is 37.9 Å². The molecule has 4 heteroatoms. The van der Waals surface area contributed by atoms with Crippen molar-refractivity contribution in [2.24, 2.45) is 11.7 Å². The fourth-order valence-electron chi connectivity index (χ4n) is 2.06. The first kappa shape index (κ1) is 15.4. The van der Waals surface area contributed by atoms with Crippen LogP contribution < -0.4 is 5.73 Å². The maximum atomic E-state index is 13.9. The topological polar surface area (TPSA) is 29.3 Å². The van der Waals surface area contributed by atoms with Crippen molar-refractivity contribution in [1.29, 1.82) is 0 Å². The van der Waals surface area contributed by atoms with E-state index in [0.717, 1.165) is 13.0 Å². The monoisotopic (exact) mass is 272 g/mol. The molecule has 2 atom stereocenters. The molecule has 0 spiro atoms. The van der Waals surface area contributed by atoms with Gasteiger partial charge in [0.15, 0.2) is 0 Å². The van der Waals surface area contributed by atoms with E-state index >= 15 is 0 Å². The number of nitrogens with zero attached hydrogens (tertiary/aromatic N) is 1. The molecular formula is C14H22ClFN2. The SMILES string of the molecule is CCC(C)CN(C)C(CN)c1ccc(Cl)cc1F. The molecule has 1 aromatic rings. The summed E-state index contributed by atoms with van der Waals surface area (Å²) >= 11 is 5.77. The zero-order valence-corrected chi connectivity index (χ0v) is 12.0. The molecule has 0 heterocycles. The summed E-state index contributed by atoms with van der Waals surface area (Å²) in [5.74, 6) is 0.286. The lowest BCUT2D eigenvalue weighted by atomic mass is 10.0. The third-order valence-corrected chi connectivity index (χ3v) is 3.61. The Morgan fingerprint density at radius 3 is 2.61 bits per heavy atom. The van der Waals surface area contributed by atoms with Gasteiger partial charge < -0.3 is 5.73 Å². The lowest BCUT2D eigenvalue weighted by Crippen LogP contribution is -2.34. The van der Waals surface area contributed by atoms with Gasteiger partial charge in [-0.2, -0.15) is 0 Å². The van der Waals surface area contributed by atoms with Gasteiger partial charge in [-0.15, -0.1) is 0 Å². The average Bonchev–Trinajstić information content (AvgIpc) is 2.32. The molecule has 0 aromatic heterocycles. The maximum Gasteiger partial charge on any atom is 0.129 e. The van der Waals surface area contributed by atoms with Gasteiger partial charge in [-0.05, 0) is 25.1 Å². The van der Waals surface area contributed by atoms with E-state index in [-0.39, 0.29) is 11.9 Å². The van der Waals surface area contributed by atoms with Crippen molar-refractivity contribution in [3.63, 3.8) is 0 Å². The molecule has 0 aliphatic carbocycles. The number of rotatable bonds is 6. The van der Waals surface area contributed by atoms with Crippen LogP contribution in [0.4, 0.5) is 4.39 Å². The summed E-state index contributed by atoms with van der Waals surface area (Å²) in [5, 5.41) is 0.414. The number of nitrogens with two attached hydrogens (primary N) is 1. The molecule has 0 fully saturated rings. The Kier molecular flexibility index (Phi) is 6.06.